The summed E-state index contributed by atoms with van der Waals surface area (Å²) in [7, 11) is 8.63. The molecular formula is C45H74N2O12. The van der Waals surface area contributed by atoms with Gasteiger partial charge in [-0.3, -0.25) is 14.5 Å². The van der Waals surface area contributed by atoms with E-state index in [2.05, 4.69) is 24.8 Å². The summed E-state index contributed by atoms with van der Waals surface area (Å²) >= 11 is 0. The van der Waals surface area contributed by atoms with Crippen LogP contribution in [0.25, 0.3) is 0 Å². The van der Waals surface area contributed by atoms with Crippen LogP contribution in [0.5, 0.6) is 0 Å². The number of hydrogen-bond acceptors (Lipinski definition) is 13. The van der Waals surface area contributed by atoms with Crippen LogP contribution < -0.4 is 0 Å². The summed E-state index contributed by atoms with van der Waals surface area (Å²) in [6.07, 6.45) is 7.48. The quantitative estimate of drug-likeness (QED) is 0.251. The molecule has 2 saturated carbocycles. The van der Waals surface area contributed by atoms with Gasteiger partial charge in [-0.05, 0) is 114 Å². The van der Waals surface area contributed by atoms with Crippen LogP contribution in [0.3, 0.4) is 0 Å². The minimum absolute atomic E-state index is 0.0582. The number of ketones is 1. The number of carbonyl (C=O) groups is 3. The molecular weight excluding hydrogens is 760 g/mol. The van der Waals surface area contributed by atoms with Gasteiger partial charge in [0.05, 0.1) is 49.5 Å². The van der Waals surface area contributed by atoms with Crippen molar-refractivity contribution in [2.75, 3.05) is 55.1 Å². The minimum Gasteiger partial charge on any atom is -0.462 e. The molecule has 14 heteroatoms. The molecule has 0 spiro atoms. The highest BCUT2D eigenvalue weighted by Crippen LogP contribution is 2.57. The molecule has 59 heavy (non-hydrogen) atoms. The van der Waals surface area contributed by atoms with Gasteiger partial charge in [0, 0.05) is 52.7 Å². The molecule has 3 saturated heterocycles. The Labute approximate surface area is 352 Å². The van der Waals surface area contributed by atoms with Gasteiger partial charge >= 0.3 is 12.1 Å². The molecule has 0 bridgehead atoms. The first-order valence-electron chi connectivity index (χ1n) is 22.6. The summed E-state index contributed by atoms with van der Waals surface area (Å²) in [5, 5.41) is 10.4. The third kappa shape index (κ3) is 10.6. The first kappa shape index (κ1) is 46.3. The minimum atomic E-state index is -0.618. The highest BCUT2D eigenvalue weighted by molar-refractivity contribution is 5.99. The van der Waals surface area contributed by atoms with Crippen LogP contribution >= 0.6 is 0 Å². The molecule has 0 radical (unpaired) electrons. The van der Waals surface area contributed by atoms with Crippen molar-refractivity contribution in [3.05, 3.63) is 11.6 Å². The molecule has 1 amide bonds. The molecule has 9 unspecified atom stereocenters. The van der Waals surface area contributed by atoms with Crippen LogP contribution in [0.4, 0.5) is 4.79 Å². The summed E-state index contributed by atoms with van der Waals surface area (Å²) in [4.78, 5) is 43.9. The van der Waals surface area contributed by atoms with Crippen LogP contribution in [0.15, 0.2) is 11.6 Å². The topological polar surface area (TPSA) is 152 Å². The second-order valence-corrected chi connectivity index (χ2v) is 18.5. The van der Waals surface area contributed by atoms with Crippen molar-refractivity contribution in [1.29, 1.82) is 0 Å². The smallest absolute Gasteiger partial charge is 0.409 e. The van der Waals surface area contributed by atoms with E-state index in [4.69, 9.17) is 37.9 Å². The van der Waals surface area contributed by atoms with Gasteiger partial charge in [0.15, 0.2) is 18.4 Å². The van der Waals surface area contributed by atoms with Crippen LogP contribution in [0.1, 0.15) is 98.3 Å². The zero-order chi connectivity index (χ0) is 42.5. The van der Waals surface area contributed by atoms with E-state index >= 15 is 0 Å². The lowest BCUT2D eigenvalue weighted by atomic mass is 9.66. The van der Waals surface area contributed by atoms with Crippen molar-refractivity contribution in [3.8, 4) is 0 Å². The molecule has 17 atom stereocenters. The molecule has 1 N–H and O–H groups in total. The van der Waals surface area contributed by atoms with Crippen molar-refractivity contribution in [2.45, 2.75) is 160 Å². The number of hydrogen-bond donors (Lipinski definition) is 1. The summed E-state index contributed by atoms with van der Waals surface area (Å²) in [6.45, 7) is 8.81. The maximum atomic E-state index is 14.8. The fourth-order valence-electron chi connectivity index (χ4n) is 11.5. The monoisotopic (exact) mass is 835 g/mol. The second kappa shape index (κ2) is 20.8. The van der Waals surface area contributed by atoms with Gasteiger partial charge in [-0.2, -0.15) is 0 Å². The van der Waals surface area contributed by atoms with Crippen LogP contribution in [0, 0.1) is 41.4 Å². The fraction of sp³-hybridized carbons (Fsp3) is 0.889. The Morgan fingerprint density at radius 1 is 0.898 bits per heavy atom. The summed E-state index contributed by atoms with van der Waals surface area (Å²) in [5.74, 6) is -0.0612. The van der Waals surface area contributed by atoms with Crippen molar-refractivity contribution in [2.24, 2.45) is 41.4 Å². The van der Waals surface area contributed by atoms with E-state index in [1.807, 2.05) is 20.9 Å². The third-order valence-corrected chi connectivity index (χ3v) is 14.8. The number of aliphatic hydroxyl groups is 1. The van der Waals surface area contributed by atoms with Crippen molar-refractivity contribution < 1.29 is 57.4 Å². The van der Waals surface area contributed by atoms with Crippen molar-refractivity contribution >= 4 is 17.8 Å². The predicted molar refractivity (Wildman–Crippen MR) is 218 cm³/mol. The molecule has 14 nitrogen and oxygen atoms in total. The van der Waals surface area contributed by atoms with Crippen LogP contribution in [-0.2, 0) is 47.5 Å². The lowest BCUT2D eigenvalue weighted by Gasteiger charge is -2.44. The van der Waals surface area contributed by atoms with Gasteiger partial charge in [-0.1, -0.05) is 19.9 Å². The molecule has 3 heterocycles. The molecule has 6 rings (SSSR count). The van der Waals surface area contributed by atoms with Gasteiger partial charge < -0.3 is 47.9 Å². The van der Waals surface area contributed by atoms with E-state index in [0.717, 1.165) is 56.9 Å². The SMILES string of the molecule is CC[C@H]1CCC[C@H](OC2CCC(N(C)CCOC(=O)N(C)C)C(C)O2)[C@@H](C)C(=O)C2=C[C@H]3[C@@H]4C[C@H](OC5OC(C)C(OC)C(OC)C5CO)C[C@H]4CC[C@H]3C2CC(=O)O1. The van der Waals surface area contributed by atoms with Gasteiger partial charge in [0.1, 0.15) is 18.8 Å². The van der Waals surface area contributed by atoms with E-state index in [1.165, 1.54) is 4.90 Å². The number of aliphatic hydroxyl groups excluding tert-OH is 1. The zero-order valence-electron chi connectivity index (χ0n) is 37.1. The Morgan fingerprint density at radius 3 is 2.34 bits per heavy atom. The number of rotatable bonds is 12. The highest BCUT2D eigenvalue weighted by Gasteiger charge is 2.54. The number of allylic oxidation sites excluding steroid dienone is 2. The Morgan fingerprint density at radius 2 is 1.66 bits per heavy atom. The number of esters is 1. The number of methoxy groups -OCH3 is 2. The van der Waals surface area contributed by atoms with E-state index in [9.17, 15) is 19.5 Å². The first-order chi connectivity index (χ1) is 28.3. The van der Waals surface area contributed by atoms with Gasteiger partial charge in [-0.15, -0.1) is 0 Å². The average Bonchev–Trinajstić information content (AvgIpc) is 3.79. The maximum absolute atomic E-state index is 14.8. The second-order valence-electron chi connectivity index (χ2n) is 18.5. The van der Waals surface area contributed by atoms with E-state index in [0.29, 0.717) is 37.8 Å². The Balaban J connectivity index is 1.15. The van der Waals surface area contributed by atoms with Gasteiger partial charge in [0.25, 0.3) is 0 Å². The van der Waals surface area contributed by atoms with Gasteiger partial charge in [0.2, 0.25) is 0 Å². The molecule has 5 fully saturated rings. The zero-order valence-corrected chi connectivity index (χ0v) is 37.1. The molecule has 3 aliphatic carbocycles. The number of fused-ring (bicyclic) bond motifs is 5. The first-order valence-corrected chi connectivity index (χ1v) is 22.6. The van der Waals surface area contributed by atoms with E-state index in [-0.39, 0.29) is 103 Å². The summed E-state index contributed by atoms with van der Waals surface area (Å²) in [5.41, 5.74) is 0.768. The number of likely N-dealkylation sites (N-methyl/N-ethyl adjacent to an activating group) is 1. The standard InChI is InChI=1S/C45H74N2O12/c1-10-29-12-11-13-38(59-40-17-16-37(26(3)55-40)47(7)18-19-54-45(51)46(5)6)25(2)41(50)35-22-33-31(34(35)23-39(49)57-29)15-14-28-20-30(21-32(28)33)58-44-36(24-48)43(53-9)42(52-8)27(4)56-44/h22,25-34,36-38,40,42-44,48H,10-21,23-24H2,1-9H3/t25-,26?,27?,28-,29+,30-,31-,32-,33-,34?,36?,37?,38+,40?,42?,43?,44?/m1/s1. The fourth-order valence-corrected chi connectivity index (χ4v) is 11.5. The molecule has 6 aliphatic rings. The Kier molecular flexibility index (Phi) is 16.3. The van der Waals surface area contributed by atoms with Crippen molar-refractivity contribution in [1.82, 2.24) is 9.80 Å². The highest BCUT2D eigenvalue weighted by atomic mass is 16.7. The number of ether oxygens (including phenoxy) is 8. The number of amides is 1. The van der Waals surface area contributed by atoms with Crippen molar-refractivity contribution in [3.63, 3.8) is 0 Å². The number of Topliss-reactive ketones (excluding diaryl/α,β-unsaturated/α-hetero) is 1. The molecule has 336 valence electrons. The van der Waals surface area contributed by atoms with Gasteiger partial charge in [-0.25, -0.2) is 4.79 Å². The van der Waals surface area contributed by atoms with E-state index in [1.54, 1.807) is 28.3 Å². The summed E-state index contributed by atoms with van der Waals surface area (Å²) < 4.78 is 49.2. The van der Waals surface area contributed by atoms with Crippen LogP contribution in [-0.4, -0.2) is 149 Å². The lowest BCUT2D eigenvalue weighted by molar-refractivity contribution is -0.299. The molecule has 0 aromatic heterocycles. The molecule has 3 aliphatic heterocycles. The van der Waals surface area contributed by atoms with Crippen LogP contribution in [0.2, 0.25) is 0 Å². The maximum Gasteiger partial charge on any atom is 0.409 e. The average molecular weight is 835 g/mol. The number of carbonyl (C=O) groups excluding carboxylic acids is 3. The number of cyclic esters (lactones) is 1. The molecule has 0 aromatic carbocycles. The van der Waals surface area contributed by atoms with E-state index < -0.39 is 18.5 Å². The Hall–Kier alpha value is -2.17. The lowest BCUT2D eigenvalue weighted by Crippen LogP contribution is -2.57. The normalized spacial score (nSPS) is 41.8. The predicted octanol–water partition coefficient (Wildman–Crippen LogP) is 5.37. The summed E-state index contributed by atoms with van der Waals surface area (Å²) in [6, 6.07) is 0.139. The third-order valence-electron chi connectivity index (χ3n) is 14.8. The number of nitrogens with zero attached hydrogens (tertiary/aromatic N) is 2. The molecule has 0 aromatic rings. The Bertz CT molecular complexity index is 1440. The largest absolute Gasteiger partial charge is 0.462 e.